The Kier molecular flexibility index (Phi) is 4.83. The summed E-state index contributed by atoms with van der Waals surface area (Å²) >= 11 is 0. The smallest absolute Gasteiger partial charge is 0.285 e. The van der Waals surface area contributed by atoms with Gasteiger partial charge in [0.05, 0.1) is 12.2 Å². The van der Waals surface area contributed by atoms with Crippen molar-refractivity contribution in [2.24, 2.45) is 10.7 Å². The molecule has 0 aromatic carbocycles. The summed E-state index contributed by atoms with van der Waals surface area (Å²) in [5, 5.41) is 7.58. The molecule has 2 heterocycles. The van der Waals surface area contributed by atoms with Crippen molar-refractivity contribution in [3.63, 3.8) is 0 Å². The molecule has 0 aliphatic heterocycles. The van der Waals surface area contributed by atoms with E-state index in [9.17, 15) is 9.59 Å². The van der Waals surface area contributed by atoms with Crippen molar-refractivity contribution in [1.29, 1.82) is 0 Å². The minimum atomic E-state index is -0.542. The molecule has 1 amide bonds. The number of primary amides is 1. The topological polar surface area (TPSA) is 108 Å². The van der Waals surface area contributed by atoms with Crippen LogP contribution >= 0.6 is 0 Å². The van der Waals surface area contributed by atoms with Crippen LogP contribution in [0.3, 0.4) is 0 Å². The highest BCUT2D eigenvalue weighted by molar-refractivity contribution is 5.93. The predicted octanol–water partition coefficient (Wildman–Crippen LogP) is 0.487. The number of amides is 1. The lowest BCUT2D eigenvalue weighted by atomic mass is 9.96. The Labute approximate surface area is 139 Å². The van der Waals surface area contributed by atoms with Gasteiger partial charge in [0.15, 0.2) is 5.69 Å². The van der Waals surface area contributed by atoms with Crippen molar-refractivity contribution < 1.29 is 9.59 Å². The van der Waals surface area contributed by atoms with E-state index >= 15 is 0 Å². The van der Waals surface area contributed by atoms with E-state index in [1.54, 1.807) is 12.3 Å². The van der Waals surface area contributed by atoms with Gasteiger partial charge in [-0.25, -0.2) is 4.68 Å². The van der Waals surface area contributed by atoms with E-state index in [-0.39, 0.29) is 24.2 Å². The molecule has 2 aromatic heterocycles. The fraction of sp³-hybridized carbons (Fsp3) is 0.438. The number of hydrogen-bond acceptors (Lipinski definition) is 5. The molecule has 2 N–H and O–H groups in total. The molecule has 1 saturated carbocycles. The first-order chi connectivity index (χ1) is 11.6. The van der Waals surface area contributed by atoms with Crippen LogP contribution in [0.1, 0.15) is 42.6 Å². The summed E-state index contributed by atoms with van der Waals surface area (Å²) in [6, 6.07) is 5.70. The molecule has 0 unspecified atom stereocenters. The SMILES string of the molecule is NC(=O)Cn1cc(C(=O)n2ccccc2=NC2CCCCC2)nn1. The number of nitrogens with two attached hydrogens (primary N) is 1. The number of rotatable bonds is 4. The summed E-state index contributed by atoms with van der Waals surface area (Å²) in [5.41, 5.74) is 5.87. The first kappa shape index (κ1) is 16.1. The Balaban J connectivity index is 1.88. The first-order valence-corrected chi connectivity index (χ1v) is 8.08. The van der Waals surface area contributed by atoms with Crippen LogP contribution in [0.5, 0.6) is 0 Å². The molecule has 0 bridgehead atoms. The highest BCUT2D eigenvalue weighted by atomic mass is 16.2. The molecule has 0 radical (unpaired) electrons. The highest BCUT2D eigenvalue weighted by Crippen LogP contribution is 2.19. The zero-order chi connectivity index (χ0) is 16.9. The van der Waals surface area contributed by atoms with Crippen molar-refractivity contribution >= 4 is 11.8 Å². The Morgan fingerprint density at radius 3 is 2.79 bits per heavy atom. The van der Waals surface area contributed by atoms with Gasteiger partial charge in [-0.2, -0.15) is 0 Å². The molecule has 126 valence electrons. The van der Waals surface area contributed by atoms with Crippen molar-refractivity contribution in [1.82, 2.24) is 19.6 Å². The van der Waals surface area contributed by atoms with Crippen LogP contribution < -0.4 is 11.2 Å². The van der Waals surface area contributed by atoms with Crippen molar-refractivity contribution in [2.45, 2.75) is 44.7 Å². The molecule has 3 rings (SSSR count). The number of nitrogens with zero attached hydrogens (tertiary/aromatic N) is 5. The standard InChI is InChI=1S/C16H20N6O2/c17-14(23)11-21-10-13(19-20-21)16(24)22-9-5-4-8-15(22)18-12-6-2-1-3-7-12/h4-5,8-10,12H,1-3,6-7,11H2,(H2,17,23). The summed E-state index contributed by atoms with van der Waals surface area (Å²) in [4.78, 5) is 28.3. The van der Waals surface area contributed by atoms with E-state index < -0.39 is 5.91 Å². The van der Waals surface area contributed by atoms with Crippen LogP contribution in [0, 0.1) is 0 Å². The van der Waals surface area contributed by atoms with E-state index in [2.05, 4.69) is 10.3 Å². The fourth-order valence-electron chi connectivity index (χ4n) is 2.86. The molecule has 24 heavy (non-hydrogen) atoms. The van der Waals surface area contributed by atoms with Gasteiger partial charge in [0.1, 0.15) is 12.0 Å². The van der Waals surface area contributed by atoms with Crippen LogP contribution in [-0.4, -0.2) is 37.4 Å². The van der Waals surface area contributed by atoms with E-state index in [4.69, 9.17) is 10.7 Å². The molecule has 2 aromatic rings. The zero-order valence-electron chi connectivity index (χ0n) is 13.3. The molecule has 1 fully saturated rings. The molecular weight excluding hydrogens is 308 g/mol. The normalized spacial score (nSPS) is 16.2. The van der Waals surface area contributed by atoms with E-state index in [1.165, 1.54) is 34.7 Å². The average Bonchev–Trinajstić information content (AvgIpc) is 3.03. The monoisotopic (exact) mass is 328 g/mol. The summed E-state index contributed by atoms with van der Waals surface area (Å²) in [5.74, 6) is -0.875. The van der Waals surface area contributed by atoms with Gasteiger partial charge in [0.25, 0.3) is 5.91 Å². The van der Waals surface area contributed by atoms with Crippen LogP contribution in [0.25, 0.3) is 0 Å². The minimum absolute atomic E-state index is 0.112. The molecule has 0 atom stereocenters. The second kappa shape index (κ2) is 7.20. The molecule has 0 saturated heterocycles. The van der Waals surface area contributed by atoms with Gasteiger partial charge in [0.2, 0.25) is 5.91 Å². The fourth-order valence-corrected chi connectivity index (χ4v) is 2.86. The Morgan fingerprint density at radius 1 is 1.25 bits per heavy atom. The number of carbonyl (C=O) groups is 2. The van der Waals surface area contributed by atoms with Gasteiger partial charge < -0.3 is 5.73 Å². The largest absolute Gasteiger partial charge is 0.368 e. The average molecular weight is 328 g/mol. The third-order valence-corrected chi connectivity index (χ3v) is 4.02. The van der Waals surface area contributed by atoms with Gasteiger partial charge in [-0.15, -0.1) is 5.10 Å². The summed E-state index contributed by atoms with van der Waals surface area (Å²) in [6.45, 7) is -0.112. The van der Waals surface area contributed by atoms with Gasteiger partial charge >= 0.3 is 0 Å². The van der Waals surface area contributed by atoms with Gasteiger partial charge in [-0.3, -0.25) is 19.1 Å². The third kappa shape index (κ3) is 3.76. The Hall–Kier alpha value is -2.77. The van der Waals surface area contributed by atoms with Crippen LogP contribution in [0.4, 0.5) is 0 Å². The van der Waals surface area contributed by atoms with Crippen LogP contribution in [0.15, 0.2) is 35.6 Å². The molecule has 8 nitrogen and oxygen atoms in total. The minimum Gasteiger partial charge on any atom is -0.368 e. The second-order valence-electron chi connectivity index (χ2n) is 5.92. The second-order valence-corrected chi connectivity index (χ2v) is 5.92. The number of pyridine rings is 1. The van der Waals surface area contributed by atoms with Crippen LogP contribution in [-0.2, 0) is 11.3 Å². The maximum atomic E-state index is 12.7. The predicted molar refractivity (Wildman–Crippen MR) is 85.8 cm³/mol. The molecule has 1 aliphatic carbocycles. The van der Waals surface area contributed by atoms with Crippen LogP contribution in [0.2, 0.25) is 0 Å². The number of carbonyl (C=O) groups excluding carboxylic acids is 2. The molecule has 1 aliphatic rings. The van der Waals surface area contributed by atoms with Crippen molar-refractivity contribution in [3.8, 4) is 0 Å². The van der Waals surface area contributed by atoms with Crippen molar-refractivity contribution in [3.05, 3.63) is 41.8 Å². The molecule has 0 spiro atoms. The quantitative estimate of drug-likeness (QED) is 0.881. The maximum absolute atomic E-state index is 12.7. The van der Waals surface area contributed by atoms with Gasteiger partial charge in [-0.05, 0) is 25.0 Å². The van der Waals surface area contributed by atoms with Gasteiger partial charge in [0, 0.05) is 6.20 Å². The lowest BCUT2D eigenvalue weighted by Gasteiger charge is -2.17. The van der Waals surface area contributed by atoms with E-state index in [0.29, 0.717) is 5.49 Å². The Bertz CT molecular complexity index is 801. The lowest BCUT2D eigenvalue weighted by molar-refractivity contribution is -0.118. The molecular formula is C16H20N6O2. The zero-order valence-corrected chi connectivity index (χ0v) is 13.3. The van der Waals surface area contributed by atoms with Crippen molar-refractivity contribution in [2.75, 3.05) is 0 Å². The van der Waals surface area contributed by atoms with E-state index in [0.717, 1.165) is 12.8 Å². The Morgan fingerprint density at radius 2 is 2.04 bits per heavy atom. The lowest BCUT2D eigenvalue weighted by Crippen LogP contribution is -2.29. The number of hydrogen-bond donors (Lipinski definition) is 1. The third-order valence-electron chi connectivity index (χ3n) is 4.02. The summed E-state index contributed by atoms with van der Waals surface area (Å²) in [7, 11) is 0. The number of aromatic nitrogens is 4. The highest BCUT2D eigenvalue weighted by Gasteiger charge is 2.16. The van der Waals surface area contributed by atoms with E-state index in [1.807, 2.05) is 12.1 Å². The summed E-state index contributed by atoms with van der Waals surface area (Å²) in [6.07, 6.45) is 8.79. The maximum Gasteiger partial charge on any atom is 0.285 e. The molecule has 8 heteroatoms. The first-order valence-electron chi connectivity index (χ1n) is 8.08. The van der Waals surface area contributed by atoms with Gasteiger partial charge in [-0.1, -0.05) is 30.5 Å². The summed E-state index contributed by atoms with van der Waals surface area (Å²) < 4.78 is 2.71.